The zero-order chi connectivity index (χ0) is 17.5. The van der Waals surface area contributed by atoms with Crippen molar-refractivity contribution in [3.05, 3.63) is 71.6 Å². The van der Waals surface area contributed by atoms with Gasteiger partial charge in [0.15, 0.2) is 0 Å². The molecule has 4 nitrogen and oxygen atoms in total. The lowest BCUT2D eigenvalue weighted by molar-refractivity contribution is 1.00. The maximum Gasteiger partial charge on any atom is 0.0992 e. The minimum Gasteiger partial charge on any atom is -0.349 e. The lowest BCUT2D eigenvalue weighted by Gasteiger charge is -2.22. The van der Waals surface area contributed by atoms with Crippen LogP contribution in [0.15, 0.2) is 54.9 Å². The maximum absolute atomic E-state index is 9.07. The van der Waals surface area contributed by atoms with E-state index < -0.39 is 0 Å². The molecule has 0 spiro atoms. The average molecular weight is 316 g/mol. The summed E-state index contributed by atoms with van der Waals surface area (Å²) in [6, 6.07) is 17.5. The van der Waals surface area contributed by atoms with Crippen molar-refractivity contribution in [3.63, 3.8) is 0 Å². The van der Waals surface area contributed by atoms with Gasteiger partial charge in [-0.15, -0.1) is 0 Å². The van der Waals surface area contributed by atoms with Gasteiger partial charge in [-0.25, -0.2) is 0 Å². The SMILES string of the molecule is CCN(/C=C\N(C)c1cc(C#N)ccc1C)c1cccc(C#N)c1. The summed E-state index contributed by atoms with van der Waals surface area (Å²) in [5.41, 5.74) is 4.36. The third-order valence-electron chi connectivity index (χ3n) is 3.84. The van der Waals surface area contributed by atoms with Gasteiger partial charge >= 0.3 is 0 Å². The molecule has 0 aliphatic carbocycles. The van der Waals surface area contributed by atoms with E-state index in [9.17, 15) is 0 Å². The molecule has 0 bridgehead atoms. The van der Waals surface area contributed by atoms with Gasteiger partial charge < -0.3 is 9.80 Å². The van der Waals surface area contributed by atoms with Gasteiger partial charge in [-0.1, -0.05) is 12.1 Å². The highest BCUT2D eigenvalue weighted by Crippen LogP contribution is 2.21. The maximum atomic E-state index is 9.07. The molecule has 0 radical (unpaired) electrons. The monoisotopic (exact) mass is 316 g/mol. The van der Waals surface area contributed by atoms with E-state index in [2.05, 4.69) is 24.0 Å². The summed E-state index contributed by atoms with van der Waals surface area (Å²) in [6.45, 7) is 4.87. The van der Waals surface area contributed by atoms with Crippen LogP contribution in [0.4, 0.5) is 11.4 Å². The first-order chi connectivity index (χ1) is 11.6. The molecule has 0 aliphatic rings. The Hall–Kier alpha value is -3.24. The molecule has 0 fully saturated rings. The number of rotatable bonds is 5. The van der Waals surface area contributed by atoms with Gasteiger partial charge in [-0.05, 0) is 49.7 Å². The van der Waals surface area contributed by atoms with E-state index in [1.54, 1.807) is 6.07 Å². The number of hydrogen-bond acceptors (Lipinski definition) is 4. The van der Waals surface area contributed by atoms with Gasteiger partial charge in [-0.2, -0.15) is 10.5 Å². The molecule has 0 atom stereocenters. The van der Waals surface area contributed by atoms with E-state index in [1.165, 1.54) is 0 Å². The summed E-state index contributed by atoms with van der Waals surface area (Å²) in [6.07, 6.45) is 3.95. The summed E-state index contributed by atoms with van der Waals surface area (Å²) in [4.78, 5) is 4.06. The minimum atomic E-state index is 0.643. The van der Waals surface area contributed by atoms with Gasteiger partial charge in [0.05, 0.1) is 23.3 Å². The van der Waals surface area contributed by atoms with Crippen LogP contribution in [-0.4, -0.2) is 13.6 Å². The lowest BCUT2D eigenvalue weighted by atomic mass is 10.1. The molecule has 2 aromatic carbocycles. The van der Waals surface area contributed by atoms with Crippen LogP contribution >= 0.6 is 0 Å². The number of benzene rings is 2. The fourth-order valence-electron chi connectivity index (χ4n) is 2.45. The van der Waals surface area contributed by atoms with Crippen LogP contribution in [0.1, 0.15) is 23.6 Å². The Balaban J connectivity index is 2.24. The molecule has 0 unspecified atom stereocenters. The zero-order valence-corrected chi connectivity index (χ0v) is 14.2. The molecule has 4 heteroatoms. The van der Waals surface area contributed by atoms with Gasteiger partial charge in [-0.3, -0.25) is 0 Å². The lowest BCUT2D eigenvalue weighted by Crippen LogP contribution is -2.18. The summed E-state index contributed by atoms with van der Waals surface area (Å²) >= 11 is 0. The average Bonchev–Trinajstić information content (AvgIpc) is 2.62. The quantitative estimate of drug-likeness (QED) is 0.830. The highest BCUT2D eigenvalue weighted by molar-refractivity contribution is 5.59. The van der Waals surface area contributed by atoms with Crippen LogP contribution < -0.4 is 9.80 Å². The van der Waals surface area contributed by atoms with Crippen molar-refractivity contribution >= 4 is 11.4 Å². The molecule has 2 rings (SSSR count). The van der Waals surface area contributed by atoms with Crippen molar-refractivity contribution in [1.29, 1.82) is 10.5 Å². The number of anilines is 2. The number of nitriles is 2. The van der Waals surface area contributed by atoms with Gasteiger partial charge in [0, 0.05) is 37.4 Å². The van der Waals surface area contributed by atoms with E-state index >= 15 is 0 Å². The second-order valence-corrected chi connectivity index (χ2v) is 5.47. The van der Waals surface area contributed by atoms with Crippen LogP contribution in [0.3, 0.4) is 0 Å². The first-order valence-corrected chi connectivity index (χ1v) is 7.77. The Kier molecular flexibility index (Phi) is 5.60. The van der Waals surface area contributed by atoms with E-state index in [1.807, 2.05) is 67.7 Å². The smallest absolute Gasteiger partial charge is 0.0992 e. The Morgan fingerprint density at radius 1 is 1.00 bits per heavy atom. The summed E-state index contributed by atoms with van der Waals surface area (Å²) in [5.74, 6) is 0. The normalized spacial score (nSPS) is 10.2. The Morgan fingerprint density at radius 2 is 1.71 bits per heavy atom. The van der Waals surface area contributed by atoms with E-state index in [0.29, 0.717) is 11.1 Å². The van der Waals surface area contributed by atoms with Crippen molar-refractivity contribution < 1.29 is 0 Å². The standard InChI is InChI=1S/C20H20N4/c1-4-24(19-7-5-6-17(12-19)14-21)11-10-23(3)20-13-18(15-22)9-8-16(20)2/h5-13H,4H2,1-3H3/b11-10-. The van der Waals surface area contributed by atoms with Crippen LogP contribution in [0.5, 0.6) is 0 Å². The molecule has 0 aliphatic heterocycles. The summed E-state index contributed by atoms with van der Waals surface area (Å²) in [7, 11) is 1.96. The Labute approximate surface area is 143 Å². The molecule has 0 amide bonds. The van der Waals surface area contributed by atoms with Crippen LogP contribution in [-0.2, 0) is 0 Å². The third kappa shape index (κ3) is 3.94. The second-order valence-electron chi connectivity index (χ2n) is 5.47. The topological polar surface area (TPSA) is 54.1 Å². The molecule has 0 saturated carbocycles. The number of aryl methyl sites for hydroxylation is 1. The second kappa shape index (κ2) is 7.85. The van der Waals surface area contributed by atoms with Crippen LogP contribution in [0, 0.1) is 29.6 Å². The first kappa shape index (κ1) is 17.1. The van der Waals surface area contributed by atoms with E-state index in [0.717, 1.165) is 23.5 Å². The molecule has 0 heterocycles. The summed E-state index contributed by atoms with van der Waals surface area (Å²) in [5, 5.41) is 18.1. The van der Waals surface area contributed by atoms with E-state index in [4.69, 9.17) is 10.5 Å². The van der Waals surface area contributed by atoms with Gasteiger partial charge in [0.1, 0.15) is 0 Å². The molecule has 2 aromatic rings. The van der Waals surface area contributed by atoms with Crippen LogP contribution in [0.2, 0.25) is 0 Å². The predicted molar refractivity (Wildman–Crippen MR) is 97.6 cm³/mol. The largest absolute Gasteiger partial charge is 0.349 e. The summed E-state index contributed by atoms with van der Waals surface area (Å²) < 4.78 is 0. The van der Waals surface area contributed by atoms with Crippen molar-refractivity contribution in [1.82, 2.24) is 0 Å². The molecule has 0 saturated heterocycles. The molecular weight excluding hydrogens is 296 g/mol. The molecule has 0 aromatic heterocycles. The fourth-order valence-corrected chi connectivity index (χ4v) is 2.45. The highest BCUT2D eigenvalue weighted by Gasteiger charge is 2.05. The van der Waals surface area contributed by atoms with Gasteiger partial charge in [0.25, 0.3) is 0 Å². The predicted octanol–water partition coefficient (Wildman–Crippen LogP) is 4.17. The highest BCUT2D eigenvalue weighted by atomic mass is 15.1. The molecule has 120 valence electrons. The van der Waals surface area contributed by atoms with Crippen molar-refractivity contribution in [3.8, 4) is 12.1 Å². The fraction of sp³-hybridized carbons (Fsp3) is 0.200. The number of nitrogens with zero attached hydrogens (tertiary/aromatic N) is 4. The minimum absolute atomic E-state index is 0.643. The van der Waals surface area contributed by atoms with E-state index in [-0.39, 0.29) is 0 Å². The van der Waals surface area contributed by atoms with Crippen molar-refractivity contribution in [2.75, 3.05) is 23.4 Å². The zero-order valence-electron chi connectivity index (χ0n) is 14.2. The Morgan fingerprint density at radius 3 is 2.38 bits per heavy atom. The molecule has 24 heavy (non-hydrogen) atoms. The van der Waals surface area contributed by atoms with Gasteiger partial charge in [0.2, 0.25) is 0 Å². The third-order valence-corrected chi connectivity index (χ3v) is 3.84. The number of hydrogen-bond donors (Lipinski definition) is 0. The van der Waals surface area contributed by atoms with Crippen molar-refractivity contribution in [2.24, 2.45) is 0 Å². The first-order valence-electron chi connectivity index (χ1n) is 7.77. The Bertz CT molecular complexity index is 824. The van der Waals surface area contributed by atoms with Crippen molar-refractivity contribution in [2.45, 2.75) is 13.8 Å². The van der Waals surface area contributed by atoms with Crippen LogP contribution in [0.25, 0.3) is 0 Å². The molecular formula is C20H20N4. The molecule has 0 N–H and O–H groups in total.